The highest BCUT2D eigenvalue weighted by atomic mass is 16.1. The Morgan fingerprint density at radius 2 is 1.60 bits per heavy atom. The second kappa shape index (κ2) is 7.71. The van der Waals surface area contributed by atoms with Gasteiger partial charge < -0.3 is 5.32 Å². The summed E-state index contributed by atoms with van der Waals surface area (Å²) in [7, 11) is 0. The standard InChI is InChI=1S/C26H22N2O2/c29-23-13-7-12-21-24(23)25(17-8-3-1-4-9-17)28-20-15-14-19(16-22(20)27-21)26(30)18-10-5-2-6-11-18/h1-6,8-11,14-16,24-25,28H,7,12-13H2/t24?,25-/m0/s1. The second-order valence-corrected chi connectivity index (χ2v) is 7.86. The minimum Gasteiger partial charge on any atom is -0.375 e. The minimum absolute atomic E-state index is 0.0290. The van der Waals surface area contributed by atoms with Crippen molar-refractivity contribution in [3.8, 4) is 0 Å². The Hall–Kier alpha value is -3.53. The third-order valence-electron chi connectivity index (χ3n) is 5.92. The highest BCUT2D eigenvalue weighted by Crippen LogP contribution is 2.41. The third-order valence-corrected chi connectivity index (χ3v) is 5.92. The van der Waals surface area contributed by atoms with E-state index in [2.05, 4.69) is 17.4 Å². The fraction of sp³-hybridized carbons (Fsp3) is 0.192. The molecule has 1 unspecified atom stereocenters. The molecule has 0 spiro atoms. The number of ketones is 2. The van der Waals surface area contributed by atoms with Crippen LogP contribution in [0, 0.1) is 5.92 Å². The molecule has 30 heavy (non-hydrogen) atoms. The molecule has 1 aliphatic carbocycles. The summed E-state index contributed by atoms with van der Waals surface area (Å²) in [6, 6.07) is 24.8. The Morgan fingerprint density at radius 3 is 2.37 bits per heavy atom. The number of hydrogen-bond acceptors (Lipinski definition) is 4. The molecule has 1 N–H and O–H groups in total. The maximum absolute atomic E-state index is 12.9. The number of hydrogen-bond donors (Lipinski definition) is 1. The van der Waals surface area contributed by atoms with Crippen LogP contribution in [0.5, 0.6) is 0 Å². The van der Waals surface area contributed by atoms with E-state index in [-0.39, 0.29) is 23.5 Å². The number of nitrogens with one attached hydrogen (secondary N) is 1. The van der Waals surface area contributed by atoms with Gasteiger partial charge in [-0.05, 0) is 36.6 Å². The van der Waals surface area contributed by atoms with Crippen molar-refractivity contribution in [3.05, 3.63) is 95.6 Å². The van der Waals surface area contributed by atoms with E-state index < -0.39 is 0 Å². The summed E-state index contributed by atoms with van der Waals surface area (Å²) < 4.78 is 0. The van der Waals surface area contributed by atoms with Crippen LogP contribution in [-0.2, 0) is 4.79 Å². The summed E-state index contributed by atoms with van der Waals surface area (Å²) >= 11 is 0. The number of carbonyl (C=O) groups is 2. The normalized spacial score (nSPS) is 20.3. The van der Waals surface area contributed by atoms with E-state index in [1.54, 1.807) is 0 Å². The van der Waals surface area contributed by atoms with Crippen molar-refractivity contribution in [2.75, 3.05) is 5.32 Å². The fourth-order valence-electron chi connectivity index (χ4n) is 4.43. The second-order valence-electron chi connectivity index (χ2n) is 7.86. The summed E-state index contributed by atoms with van der Waals surface area (Å²) in [4.78, 5) is 30.7. The fourth-order valence-corrected chi connectivity index (χ4v) is 4.43. The topological polar surface area (TPSA) is 58.5 Å². The van der Waals surface area contributed by atoms with Crippen molar-refractivity contribution in [2.45, 2.75) is 25.3 Å². The highest BCUT2D eigenvalue weighted by Gasteiger charge is 2.38. The molecule has 3 aromatic carbocycles. The number of benzene rings is 3. The lowest BCUT2D eigenvalue weighted by Gasteiger charge is -2.30. The summed E-state index contributed by atoms with van der Waals surface area (Å²) in [6.45, 7) is 0. The van der Waals surface area contributed by atoms with Gasteiger partial charge in [0.2, 0.25) is 0 Å². The van der Waals surface area contributed by atoms with Crippen LogP contribution in [-0.4, -0.2) is 17.3 Å². The molecule has 5 rings (SSSR count). The summed E-state index contributed by atoms with van der Waals surface area (Å²) in [6.07, 6.45) is 2.22. The van der Waals surface area contributed by atoms with Crippen molar-refractivity contribution in [3.63, 3.8) is 0 Å². The zero-order chi connectivity index (χ0) is 20.5. The van der Waals surface area contributed by atoms with E-state index in [4.69, 9.17) is 4.99 Å². The Labute approximate surface area is 175 Å². The molecule has 148 valence electrons. The Morgan fingerprint density at radius 1 is 0.867 bits per heavy atom. The first kappa shape index (κ1) is 18.5. The Bertz CT molecular complexity index is 1140. The molecular formula is C26H22N2O2. The number of anilines is 1. The third kappa shape index (κ3) is 3.35. The first-order chi connectivity index (χ1) is 14.7. The van der Waals surface area contributed by atoms with Crippen molar-refractivity contribution in [2.24, 2.45) is 10.9 Å². The molecule has 1 fully saturated rings. The smallest absolute Gasteiger partial charge is 0.193 e. The van der Waals surface area contributed by atoms with E-state index in [0.29, 0.717) is 17.5 Å². The van der Waals surface area contributed by atoms with Crippen molar-refractivity contribution in [1.82, 2.24) is 0 Å². The quantitative estimate of drug-likeness (QED) is 0.595. The van der Waals surface area contributed by atoms with E-state index >= 15 is 0 Å². The van der Waals surface area contributed by atoms with Crippen LogP contribution in [0.15, 0.2) is 83.9 Å². The molecule has 0 saturated heterocycles. The van der Waals surface area contributed by atoms with E-state index in [1.807, 2.05) is 66.7 Å². The van der Waals surface area contributed by atoms with Crippen LogP contribution >= 0.6 is 0 Å². The molecule has 0 amide bonds. The van der Waals surface area contributed by atoms with E-state index in [9.17, 15) is 9.59 Å². The van der Waals surface area contributed by atoms with Gasteiger partial charge in [0.1, 0.15) is 5.78 Å². The van der Waals surface area contributed by atoms with Crippen LogP contribution in [0.1, 0.15) is 46.8 Å². The van der Waals surface area contributed by atoms with Gasteiger partial charge >= 0.3 is 0 Å². The Kier molecular flexibility index (Phi) is 4.75. The van der Waals surface area contributed by atoms with E-state index in [1.165, 1.54) is 0 Å². The van der Waals surface area contributed by atoms with Crippen molar-refractivity contribution < 1.29 is 9.59 Å². The summed E-state index contributed by atoms with van der Waals surface area (Å²) in [5.41, 5.74) is 4.81. The summed E-state index contributed by atoms with van der Waals surface area (Å²) in [5.74, 6) is -0.0738. The molecule has 2 aliphatic rings. The molecule has 4 heteroatoms. The molecule has 4 nitrogen and oxygen atoms in total. The van der Waals surface area contributed by atoms with Gasteiger partial charge in [0.25, 0.3) is 0 Å². The van der Waals surface area contributed by atoms with Gasteiger partial charge in [-0.1, -0.05) is 60.7 Å². The minimum atomic E-state index is -0.276. The maximum atomic E-state index is 12.9. The van der Waals surface area contributed by atoms with Crippen LogP contribution in [0.4, 0.5) is 11.4 Å². The number of carbonyl (C=O) groups excluding carboxylic acids is 2. The lowest BCUT2D eigenvalue weighted by Crippen LogP contribution is -2.36. The molecule has 2 atom stereocenters. The van der Waals surface area contributed by atoms with E-state index in [0.717, 1.165) is 35.5 Å². The summed E-state index contributed by atoms with van der Waals surface area (Å²) in [5, 5.41) is 3.56. The van der Waals surface area contributed by atoms with Crippen LogP contribution in [0.3, 0.4) is 0 Å². The zero-order valence-corrected chi connectivity index (χ0v) is 16.5. The average Bonchev–Trinajstić information content (AvgIpc) is 2.96. The number of fused-ring (bicyclic) bond motifs is 2. The molecule has 0 bridgehead atoms. The predicted molar refractivity (Wildman–Crippen MR) is 119 cm³/mol. The molecule has 0 radical (unpaired) electrons. The predicted octanol–water partition coefficient (Wildman–Crippen LogP) is 5.53. The SMILES string of the molecule is O=C(c1ccccc1)c1ccc2c(c1)N=C1CCCC(=O)C1[C@H](c1ccccc1)N2. The maximum Gasteiger partial charge on any atom is 0.193 e. The number of aliphatic imine (C=N–C) groups is 1. The average molecular weight is 394 g/mol. The van der Waals surface area contributed by atoms with Crippen LogP contribution in [0.25, 0.3) is 0 Å². The van der Waals surface area contributed by atoms with Crippen molar-refractivity contribution >= 4 is 28.7 Å². The first-order valence-corrected chi connectivity index (χ1v) is 10.4. The molecule has 3 aromatic rings. The van der Waals surface area contributed by atoms with Gasteiger partial charge in [-0.3, -0.25) is 14.6 Å². The number of nitrogens with zero attached hydrogens (tertiary/aromatic N) is 1. The monoisotopic (exact) mass is 394 g/mol. The lowest BCUT2D eigenvalue weighted by molar-refractivity contribution is -0.122. The Balaban J connectivity index is 1.59. The number of Topliss-reactive ketones (excluding diaryl/α,β-unsaturated/α-hetero) is 1. The van der Waals surface area contributed by atoms with Gasteiger partial charge in [0.05, 0.1) is 23.3 Å². The van der Waals surface area contributed by atoms with Gasteiger partial charge in [0, 0.05) is 23.3 Å². The number of rotatable bonds is 3. The molecule has 1 saturated carbocycles. The zero-order valence-electron chi connectivity index (χ0n) is 16.5. The largest absolute Gasteiger partial charge is 0.375 e. The molecular weight excluding hydrogens is 372 g/mol. The van der Waals surface area contributed by atoms with Crippen molar-refractivity contribution in [1.29, 1.82) is 0 Å². The molecule has 1 aliphatic heterocycles. The highest BCUT2D eigenvalue weighted by molar-refractivity contribution is 6.12. The van der Waals surface area contributed by atoms with Gasteiger partial charge in [-0.25, -0.2) is 0 Å². The molecule has 1 heterocycles. The molecule has 0 aromatic heterocycles. The van der Waals surface area contributed by atoms with Crippen LogP contribution < -0.4 is 5.32 Å². The van der Waals surface area contributed by atoms with Crippen LogP contribution in [0.2, 0.25) is 0 Å². The first-order valence-electron chi connectivity index (χ1n) is 10.4. The van der Waals surface area contributed by atoms with Gasteiger partial charge in [-0.2, -0.15) is 0 Å². The van der Waals surface area contributed by atoms with Gasteiger partial charge in [0.15, 0.2) is 5.78 Å². The lowest BCUT2D eigenvalue weighted by atomic mass is 9.78. The van der Waals surface area contributed by atoms with Gasteiger partial charge in [-0.15, -0.1) is 0 Å².